The van der Waals surface area contributed by atoms with E-state index in [1.807, 2.05) is 30.6 Å². The summed E-state index contributed by atoms with van der Waals surface area (Å²) in [6.07, 6.45) is -5.51. The van der Waals surface area contributed by atoms with Gasteiger partial charge >= 0.3 is 12.3 Å². The summed E-state index contributed by atoms with van der Waals surface area (Å²) in [5, 5.41) is 19.4. The van der Waals surface area contributed by atoms with Gasteiger partial charge in [-0.2, -0.15) is 13.2 Å². The van der Waals surface area contributed by atoms with Gasteiger partial charge in [-0.15, -0.1) is 0 Å². The average molecular weight is 429 g/mol. The van der Waals surface area contributed by atoms with Crippen LogP contribution in [0.2, 0.25) is 0 Å². The molecule has 2 unspecified atom stereocenters. The van der Waals surface area contributed by atoms with E-state index >= 15 is 0 Å². The second-order valence-electron chi connectivity index (χ2n) is 9.28. The van der Waals surface area contributed by atoms with E-state index < -0.39 is 23.9 Å². The van der Waals surface area contributed by atoms with E-state index in [1.165, 1.54) is 11.0 Å². The van der Waals surface area contributed by atoms with E-state index in [0.717, 1.165) is 6.07 Å². The maximum Gasteiger partial charge on any atom is 0.416 e. The lowest BCUT2D eigenvalue weighted by Crippen LogP contribution is -2.59. The number of rotatable bonds is 3. The molecule has 0 spiro atoms. The van der Waals surface area contributed by atoms with Crippen LogP contribution in [0.3, 0.4) is 0 Å². The molecule has 1 aromatic carbocycles. The zero-order chi connectivity index (χ0) is 22.3. The molecule has 2 aliphatic rings. The molecule has 0 bridgehead atoms. The van der Waals surface area contributed by atoms with Gasteiger partial charge in [0.25, 0.3) is 0 Å². The number of alkyl halides is 3. The highest BCUT2D eigenvalue weighted by atomic mass is 19.4. The lowest BCUT2D eigenvalue weighted by atomic mass is 9.84. The number of aliphatic hydroxyl groups is 1. The minimum Gasteiger partial charge on any atom is -0.465 e. The summed E-state index contributed by atoms with van der Waals surface area (Å²) in [7, 11) is 0. The fourth-order valence-corrected chi connectivity index (χ4v) is 4.44. The number of β-amino-alcohol motifs (C(OH)–C–C–N with tert-alkyl or cyclic N) is 1. The zero-order valence-electron chi connectivity index (χ0n) is 17.6. The highest BCUT2D eigenvalue weighted by molar-refractivity contribution is 5.66. The summed E-state index contributed by atoms with van der Waals surface area (Å²) in [4.78, 5) is 16.8. The topological polar surface area (TPSA) is 67.2 Å². The predicted octanol–water partition coefficient (Wildman–Crippen LogP) is 3.49. The summed E-state index contributed by atoms with van der Waals surface area (Å²) in [5.41, 5.74) is -0.332. The standard InChI is InChI=1S/C21H30F3N3O3/c1-20(2,3)18-13-25(9-10-27(18)19(29)30)12-15-16(21(22,23)24)5-4-6-17(15)26-8-7-14(28)11-26/h4-6,14,18,28H,7-13H2,1-3H3,(H,29,30). The van der Waals surface area contributed by atoms with Crippen molar-refractivity contribution in [2.24, 2.45) is 5.41 Å². The quantitative estimate of drug-likeness (QED) is 0.770. The van der Waals surface area contributed by atoms with Crippen molar-refractivity contribution in [3.63, 3.8) is 0 Å². The third-order valence-corrected chi connectivity index (χ3v) is 6.05. The van der Waals surface area contributed by atoms with Crippen molar-refractivity contribution in [2.75, 3.05) is 37.6 Å². The molecule has 30 heavy (non-hydrogen) atoms. The van der Waals surface area contributed by atoms with Crippen molar-refractivity contribution < 1.29 is 28.2 Å². The van der Waals surface area contributed by atoms with Crippen LogP contribution in [-0.2, 0) is 12.7 Å². The third kappa shape index (κ3) is 4.83. The highest BCUT2D eigenvalue weighted by Gasteiger charge is 2.40. The number of halogens is 3. The molecular weight excluding hydrogens is 399 g/mol. The second-order valence-corrected chi connectivity index (χ2v) is 9.28. The van der Waals surface area contributed by atoms with Crippen LogP contribution in [0.5, 0.6) is 0 Å². The number of anilines is 1. The van der Waals surface area contributed by atoms with E-state index in [2.05, 4.69) is 0 Å². The van der Waals surface area contributed by atoms with Crippen LogP contribution in [0.4, 0.5) is 23.7 Å². The predicted molar refractivity (Wildman–Crippen MR) is 108 cm³/mol. The first-order valence-corrected chi connectivity index (χ1v) is 10.2. The minimum atomic E-state index is -4.49. The number of benzene rings is 1. The van der Waals surface area contributed by atoms with E-state index in [-0.39, 0.29) is 30.1 Å². The number of carboxylic acid groups (broad SMARTS) is 1. The minimum absolute atomic E-state index is 0.0810. The molecule has 0 aliphatic carbocycles. The van der Waals surface area contributed by atoms with Crippen molar-refractivity contribution in [1.29, 1.82) is 0 Å². The molecule has 1 amide bonds. The van der Waals surface area contributed by atoms with Gasteiger partial charge in [0.15, 0.2) is 0 Å². The lowest BCUT2D eigenvalue weighted by molar-refractivity contribution is -0.138. The lowest BCUT2D eigenvalue weighted by Gasteiger charge is -2.46. The molecule has 1 aromatic rings. The third-order valence-electron chi connectivity index (χ3n) is 6.05. The zero-order valence-corrected chi connectivity index (χ0v) is 17.6. The fraction of sp³-hybridized carbons (Fsp3) is 0.667. The molecular formula is C21H30F3N3O3. The van der Waals surface area contributed by atoms with Crippen molar-refractivity contribution in [3.05, 3.63) is 29.3 Å². The number of aliphatic hydroxyl groups excluding tert-OH is 1. The molecule has 2 heterocycles. The van der Waals surface area contributed by atoms with Crippen LogP contribution < -0.4 is 4.90 Å². The Hall–Kier alpha value is -2.00. The first kappa shape index (κ1) is 22.7. The smallest absolute Gasteiger partial charge is 0.416 e. The molecule has 168 valence electrons. The summed E-state index contributed by atoms with van der Waals surface area (Å²) < 4.78 is 41.4. The number of nitrogens with zero attached hydrogens (tertiary/aromatic N) is 3. The van der Waals surface area contributed by atoms with Crippen molar-refractivity contribution in [2.45, 2.75) is 52.1 Å². The summed E-state index contributed by atoms with van der Waals surface area (Å²) >= 11 is 0. The van der Waals surface area contributed by atoms with Crippen molar-refractivity contribution in [3.8, 4) is 0 Å². The number of carbonyl (C=O) groups is 1. The first-order chi connectivity index (χ1) is 13.9. The number of amides is 1. The van der Waals surface area contributed by atoms with Gasteiger partial charge in [-0.1, -0.05) is 26.8 Å². The number of piperazine rings is 1. The maximum atomic E-state index is 13.8. The second kappa shape index (κ2) is 8.26. The van der Waals surface area contributed by atoms with E-state index in [0.29, 0.717) is 38.3 Å². The van der Waals surface area contributed by atoms with E-state index in [1.54, 1.807) is 6.07 Å². The molecule has 2 fully saturated rings. The Morgan fingerprint density at radius 2 is 1.83 bits per heavy atom. The Bertz CT molecular complexity index is 779. The van der Waals surface area contributed by atoms with Crippen LogP contribution in [-0.4, -0.2) is 71.0 Å². The normalized spacial score (nSPS) is 23.8. The molecule has 6 nitrogen and oxygen atoms in total. The molecule has 0 aromatic heterocycles. The first-order valence-electron chi connectivity index (χ1n) is 10.2. The summed E-state index contributed by atoms with van der Waals surface area (Å²) in [5.74, 6) is 0. The molecule has 0 radical (unpaired) electrons. The van der Waals surface area contributed by atoms with Crippen LogP contribution in [0.1, 0.15) is 38.3 Å². The van der Waals surface area contributed by atoms with Gasteiger partial charge in [0.1, 0.15) is 0 Å². The van der Waals surface area contributed by atoms with Gasteiger partial charge in [-0.3, -0.25) is 4.90 Å². The Morgan fingerprint density at radius 3 is 2.37 bits per heavy atom. The summed E-state index contributed by atoms with van der Waals surface area (Å²) in [6, 6.07) is 3.86. The van der Waals surface area contributed by atoms with E-state index in [4.69, 9.17) is 0 Å². The van der Waals surface area contributed by atoms with Crippen molar-refractivity contribution in [1.82, 2.24) is 9.80 Å². The molecule has 2 aliphatic heterocycles. The molecule has 0 saturated carbocycles. The largest absolute Gasteiger partial charge is 0.465 e. The Balaban J connectivity index is 1.92. The SMILES string of the molecule is CC(C)(C)C1CN(Cc2c(N3CCC(O)C3)cccc2C(F)(F)F)CCN1C(=O)O. The number of hydrogen-bond donors (Lipinski definition) is 2. The molecule has 3 rings (SSSR count). The fourth-order valence-electron chi connectivity index (χ4n) is 4.44. The Labute approximate surface area is 174 Å². The van der Waals surface area contributed by atoms with Crippen LogP contribution in [0.25, 0.3) is 0 Å². The molecule has 2 atom stereocenters. The van der Waals surface area contributed by atoms with Crippen molar-refractivity contribution >= 4 is 11.8 Å². The number of hydrogen-bond acceptors (Lipinski definition) is 4. The Kier molecular flexibility index (Phi) is 6.25. The van der Waals surface area contributed by atoms with Gasteiger partial charge in [0.2, 0.25) is 0 Å². The van der Waals surface area contributed by atoms with Crippen LogP contribution in [0, 0.1) is 5.41 Å². The molecule has 9 heteroatoms. The highest BCUT2D eigenvalue weighted by Crippen LogP contribution is 2.39. The van der Waals surface area contributed by atoms with Gasteiger partial charge < -0.3 is 20.0 Å². The average Bonchev–Trinajstić information content (AvgIpc) is 3.06. The van der Waals surface area contributed by atoms with Gasteiger partial charge in [0.05, 0.1) is 17.7 Å². The van der Waals surface area contributed by atoms with Gasteiger partial charge in [-0.25, -0.2) is 4.79 Å². The Morgan fingerprint density at radius 1 is 1.13 bits per heavy atom. The van der Waals surface area contributed by atoms with Gasteiger partial charge in [-0.05, 0) is 24.0 Å². The monoisotopic (exact) mass is 429 g/mol. The summed E-state index contributed by atoms with van der Waals surface area (Å²) in [6.45, 7) is 7.71. The van der Waals surface area contributed by atoms with Crippen LogP contribution in [0.15, 0.2) is 18.2 Å². The maximum absolute atomic E-state index is 13.8. The molecule has 2 saturated heterocycles. The van der Waals surface area contributed by atoms with E-state index in [9.17, 15) is 28.2 Å². The molecule has 2 N–H and O–H groups in total. The van der Waals surface area contributed by atoms with Gasteiger partial charge in [0, 0.05) is 50.5 Å². The van der Waals surface area contributed by atoms with Crippen LogP contribution >= 0.6 is 0 Å².